The Morgan fingerprint density at radius 3 is 2.79 bits per heavy atom. The van der Waals surface area contributed by atoms with Crippen molar-refractivity contribution in [2.75, 3.05) is 19.8 Å². The quantitative estimate of drug-likeness (QED) is 0.814. The number of nitrogens with zero attached hydrogens (tertiary/aromatic N) is 5. The minimum Gasteiger partial charge on any atom is -0.381 e. The second-order valence-corrected chi connectivity index (χ2v) is 7.43. The Bertz CT molecular complexity index is 660. The maximum atomic E-state index is 6.05. The summed E-state index contributed by atoms with van der Waals surface area (Å²) in [4.78, 5) is 6.83. The first kappa shape index (κ1) is 15.8. The highest BCUT2D eigenvalue weighted by Gasteiger charge is 2.24. The lowest BCUT2D eigenvalue weighted by atomic mass is 9.86. The van der Waals surface area contributed by atoms with Gasteiger partial charge in [0.15, 0.2) is 0 Å². The van der Waals surface area contributed by atoms with Crippen LogP contribution in [-0.4, -0.2) is 44.0 Å². The van der Waals surface area contributed by atoms with Crippen LogP contribution >= 0.6 is 0 Å². The van der Waals surface area contributed by atoms with Crippen molar-refractivity contribution in [3.63, 3.8) is 0 Å². The van der Waals surface area contributed by atoms with E-state index in [2.05, 4.69) is 25.7 Å². The molecule has 1 fully saturated rings. The van der Waals surface area contributed by atoms with Crippen LogP contribution in [0.5, 0.6) is 0 Å². The van der Waals surface area contributed by atoms with E-state index in [0.29, 0.717) is 5.92 Å². The van der Waals surface area contributed by atoms with Gasteiger partial charge < -0.3 is 9.30 Å². The maximum Gasteiger partial charge on any atom is 0.0948 e. The van der Waals surface area contributed by atoms with Gasteiger partial charge in [-0.05, 0) is 18.8 Å². The Kier molecular flexibility index (Phi) is 4.67. The molecular formula is C18H27N5O. The van der Waals surface area contributed by atoms with Crippen LogP contribution in [0.4, 0.5) is 0 Å². The van der Waals surface area contributed by atoms with E-state index in [4.69, 9.17) is 4.74 Å². The van der Waals surface area contributed by atoms with E-state index in [1.807, 2.05) is 30.5 Å². The van der Waals surface area contributed by atoms with Crippen molar-refractivity contribution in [2.45, 2.75) is 38.9 Å². The van der Waals surface area contributed by atoms with Gasteiger partial charge in [-0.2, -0.15) is 5.10 Å². The third-order valence-corrected chi connectivity index (χ3v) is 5.25. The Morgan fingerprint density at radius 2 is 2.04 bits per heavy atom. The van der Waals surface area contributed by atoms with Gasteiger partial charge in [-0.15, -0.1) is 0 Å². The number of hydrogen-bond donors (Lipinski definition) is 0. The Hall–Kier alpha value is -1.66. The average molecular weight is 329 g/mol. The van der Waals surface area contributed by atoms with Crippen LogP contribution in [0.25, 0.3) is 0 Å². The van der Waals surface area contributed by atoms with Gasteiger partial charge in [-0.1, -0.05) is 6.42 Å². The number of rotatable bonds is 6. The molecule has 1 unspecified atom stereocenters. The monoisotopic (exact) mass is 329 g/mol. The second-order valence-electron chi connectivity index (χ2n) is 7.43. The van der Waals surface area contributed by atoms with E-state index in [9.17, 15) is 0 Å². The van der Waals surface area contributed by atoms with Gasteiger partial charge in [-0.3, -0.25) is 9.58 Å². The molecule has 0 saturated heterocycles. The zero-order valence-electron chi connectivity index (χ0n) is 14.5. The molecular weight excluding hydrogens is 302 g/mol. The summed E-state index contributed by atoms with van der Waals surface area (Å²) in [6, 6.07) is 0. The molecule has 1 saturated carbocycles. The summed E-state index contributed by atoms with van der Waals surface area (Å²) in [6.45, 7) is 5.71. The van der Waals surface area contributed by atoms with Crippen LogP contribution in [0.2, 0.25) is 0 Å². The van der Waals surface area contributed by atoms with Gasteiger partial charge >= 0.3 is 0 Å². The summed E-state index contributed by atoms with van der Waals surface area (Å²) in [6.07, 6.45) is 12.1. The molecule has 1 atom stereocenters. The first-order valence-corrected chi connectivity index (χ1v) is 9.03. The van der Waals surface area contributed by atoms with E-state index < -0.39 is 0 Å². The molecule has 1 aliphatic heterocycles. The number of imidazole rings is 1. The Labute approximate surface area is 143 Å². The lowest BCUT2D eigenvalue weighted by Gasteiger charge is -2.27. The molecule has 0 spiro atoms. The molecule has 2 aromatic heterocycles. The normalized spacial score (nSPS) is 22.1. The van der Waals surface area contributed by atoms with Crippen molar-refractivity contribution < 1.29 is 4.74 Å². The summed E-state index contributed by atoms with van der Waals surface area (Å²) in [7, 11) is 1.97. The number of ether oxygens (including phenoxy) is 1. The zero-order valence-corrected chi connectivity index (χ0v) is 14.5. The summed E-state index contributed by atoms with van der Waals surface area (Å²) in [5, 5.41) is 4.29. The van der Waals surface area contributed by atoms with E-state index in [0.717, 1.165) is 45.3 Å². The maximum absolute atomic E-state index is 6.05. The minimum absolute atomic E-state index is 0.511. The molecule has 0 amide bonds. The third kappa shape index (κ3) is 3.70. The molecule has 0 radical (unpaired) electrons. The first-order chi connectivity index (χ1) is 11.8. The number of hydrogen-bond acceptors (Lipinski definition) is 4. The van der Waals surface area contributed by atoms with Crippen LogP contribution in [0.15, 0.2) is 24.9 Å². The highest BCUT2D eigenvalue weighted by molar-refractivity contribution is 5.06. The number of fused-ring (bicyclic) bond motifs is 1. The van der Waals surface area contributed by atoms with Crippen molar-refractivity contribution in [2.24, 2.45) is 18.9 Å². The number of aromatic nitrogens is 4. The zero-order chi connectivity index (χ0) is 16.4. The molecule has 2 aromatic rings. The fraction of sp³-hybridized carbons (Fsp3) is 0.667. The molecule has 3 heterocycles. The summed E-state index contributed by atoms with van der Waals surface area (Å²) < 4.78 is 10.2. The summed E-state index contributed by atoms with van der Waals surface area (Å²) in [5.74, 6) is 1.32. The molecule has 0 N–H and O–H groups in total. The molecule has 6 heteroatoms. The molecule has 4 rings (SSSR count). The highest BCUT2D eigenvalue weighted by Crippen LogP contribution is 2.26. The fourth-order valence-electron chi connectivity index (χ4n) is 3.74. The van der Waals surface area contributed by atoms with E-state index in [1.165, 1.54) is 30.5 Å². The van der Waals surface area contributed by atoms with E-state index in [1.54, 1.807) is 0 Å². The van der Waals surface area contributed by atoms with Gasteiger partial charge in [0.25, 0.3) is 0 Å². The highest BCUT2D eigenvalue weighted by atomic mass is 16.5. The Morgan fingerprint density at radius 1 is 1.17 bits per heavy atom. The largest absolute Gasteiger partial charge is 0.381 e. The van der Waals surface area contributed by atoms with Crippen molar-refractivity contribution in [3.05, 3.63) is 36.2 Å². The van der Waals surface area contributed by atoms with Gasteiger partial charge in [0.1, 0.15) is 0 Å². The second kappa shape index (κ2) is 7.07. The smallest absolute Gasteiger partial charge is 0.0948 e. The molecule has 1 aliphatic carbocycles. The SMILES string of the molecule is Cn1cc(CN2Cc3cncn3CC(COCC3CCC3)C2)cn1. The topological polar surface area (TPSA) is 48.1 Å². The van der Waals surface area contributed by atoms with Gasteiger partial charge in [0.05, 0.1) is 24.8 Å². The summed E-state index contributed by atoms with van der Waals surface area (Å²) in [5.41, 5.74) is 2.56. The fourth-order valence-corrected chi connectivity index (χ4v) is 3.74. The van der Waals surface area contributed by atoms with Crippen LogP contribution in [0.1, 0.15) is 30.5 Å². The van der Waals surface area contributed by atoms with Crippen molar-refractivity contribution in [1.29, 1.82) is 0 Å². The van der Waals surface area contributed by atoms with E-state index in [-0.39, 0.29) is 0 Å². The van der Waals surface area contributed by atoms with Crippen molar-refractivity contribution >= 4 is 0 Å². The molecule has 24 heavy (non-hydrogen) atoms. The first-order valence-electron chi connectivity index (χ1n) is 9.03. The van der Waals surface area contributed by atoms with Crippen molar-refractivity contribution in [3.8, 4) is 0 Å². The standard InChI is InChI=1S/C18H27N5O/c1-21-7-16(5-20-21)8-22-9-17(13-24-12-15-3-2-4-15)10-23-14-19-6-18(23)11-22/h5-7,14-15,17H,2-4,8-13H2,1H3. The van der Waals surface area contributed by atoms with Crippen LogP contribution in [-0.2, 0) is 31.4 Å². The van der Waals surface area contributed by atoms with Crippen molar-refractivity contribution in [1.82, 2.24) is 24.2 Å². The van der Waals surface area contributed by atoms with Gasteiger partial charge in [0.2, 0.25) is 0 Å². The van der Waals surface area contributed by atoms with Crippen LogP contribution in [0, 0.1) is 11.8 Å². The molecule has 2 aliphatic rings. The third-order valence-electron chi connectivity index (χ3n) is 5.25. The minimum atomic E-state index is 0.511. The van der Waals surface area contributed by atoms with Crippen LogP contribution < -0.4 is 0 Å². The van der Waals surface area contributed by atoms with E-state index >= 15 is 0 Å². The lowest BCUT2D eigenvalue weighted by molar-refractivity contribution is 0.0358. The van der Waals surface area contributed by atoms with Crippen LogP contribution in [0.3, 0.4) is 0 Å². The molecule has 6 nitrogen and oxygen atoms in total. The predicted molar refractivity (Wildman–Crippen MR) is 91.2 cm³/mol. The molecule has 130 valence electrons. The summed E-state index contributed by atoms with van der Waals surface area (Å²) >= 11 is 0. The average Bonchev–Trinajstić information content (AvgIpc) is 3.07. The predicted octanol–water partition coefficient (Wildman–Crippen LogP) is 2.07. The molecule has 0 aromatic carbocycles. The molecule has 0 bridgehead atoms. The number of aryl methyl sites for hydroxylation is 1. The van der Waals surface area contributed by atoms with Gasteiger partial charge in [0, 0.05) is 63.7 Å². The Balaban J connectivity index is 1.39. The lowest BCUT2D eigenvalue weighted by Crippen LogP contribution is -2.30. The van der Waals surface area contributed by atoms with Gasteiger partial charge in [-0.25, -0.2) is 4.98 Å².